The lowest BCUT2D eigenvalue weighted by atomic mass is 10.2. The topological polar surface area (TPSA) is 27.0 Å². The minimum atomic E-state index is -0.234. The largest absolute Gasteiger partial charge is 0.368 e. The predicted octanol–water partition coefficient (Wildman–Crippen LogP) is 4.89. The van der Waals surface area contributed by atoms with Gasteiger partial charge in [0, 0.05) is 17.6 Å². The van der Waals surface area contributed by atoms with E-state index in [2.05, 4.69) is 28.9 Å². The molecule has 1 aromatic rings. The summed E-state index contributed by atoms with van der Waals surface area (Å²) in [4.78, 5) is 1.97. The zero-order valence-corrected chi connectivity index (χ0v) is 12.9. The van der Waals surface area contributed by atoms with Crippen molar-refractivity contribution in [1.82, 2.24) is 0 Å². The zero-order valence-electron chi connectivity index (χ0n) is 11.3. The molecule has 104 valence electrons. The van der Waals surface area contributed by atoms with Gasteiger partial charge in [0.15, 0.2) is 0 Å². The molecule has 0 amide bonds. The van der Waals surface area contributed by atoms with Crippen molar-refractivity contribution in [2.45, 2.75) is 39.0 Å². The summed E-state index contributed by atoms with van der Waals surface area (Å²) in [5.74, 6) is -0.234. The number of halogens is 2. The summed E-state index contributed by atoms with van der Waals surface area (Å²) in [6.45, 7) is 3.56. The SMILES string of the molecule is CCCCCCN(CCC#N)c1ccc(Br)cc1F. The Kier molecular flexibility index (Phi) is 7.50. The molecule has 0 fully saturated rings. The molecule has 0 heterocycles. The summed E-state index contributed by atoms with van der Waals surface area (Å²) >= 11 is 3.26. The Morgan fingerprint density at radius 3 is 2.68 bits per heavy atom. The number of hydrogen-bond donors (Lipinski definition) is 0. The molecular weight excluding hydrogens is 307 g/mol. The Morgan fingerprint density at radius 1 is 1.26 bits per heavy atom. The number of unbranched alkanes of at least 4 members (excludes halogenated alkanes) is 3. The highest BCUT2D eigenvalue weighted by Crippen LogP contribution is 2.23. The number of nitrogens with zero attached hydrogens (tertiary/aromatic N) is 2. The molecule has 0 N–H and O–H groups in total. The molecule has 0 aromatic heterocycles. The molecule has 1 rings (SSSR count). The third-order valence-corrected chi connectivity index (χ3v) is 3.52. The van der Waals surface area contributed by atoms with Crippen molar-refractivity contribution < 1.29 is 4.39 Å². The van der Waals surface area contributed by atoms with Crippen molar-refractivity contribution in [2.24, 2.45) is 0 Å². The number of nitriles is 1. The summed E-state index contributed by atoms with van der Waals surface area (Å²) in [7, 11) is 0. The molecule has 0 saturated heterocycles. The minimum Gasteiger partial charge on any atom is -0.368 e. The van der Waals surface area contributed by atoms with E-state index < -0.39 is 0 Å². The molecule has 19 heavy (non-hydrogen) atoms. The van der Waals surface area contributed by atoms with Crippen LogP contribution < -0.4 is 4.90 Å². The van der Waals surface area contributed by atoms with E-state index in [1.54, 1.807) is 6.07 Å². The first-order valence-electron chi connectivity index (χ1n) is 6.76. The van der Waals surface area contributed by atoms with Crippen molar-refractivity contribution >= 4 is 21.6 Å². The Bertz CT molecular complexity index is 429. The van der Waals surface area contributed by atoms with Gasteiger partial charge in [-0.3, -0.25) is 0 Å². The first kappa shape index (κ1) is 16.0. The van der Waals surface area contributed by atoms with Gasteiger partial charge in [-0.25, -0.2) is 4.39 Å². The van der Waals surface area contributed by atoms with E-state index in [0.717, 1.165) is 23.9 Å². The van der Waals surface area contributed by atoms with Gasteiger partial charge in [0.1, 0.15) is 5.82 Å². The van der Waals surface area contributed by atoms with Crippen molar-refractivity contribution in [2.75, 3.05) is 18.0 Å². The van der Waals surface area contributed by atoms with Crippen molar-refractivity contribution in [3.05, 3.63) is 28.5 Å². The van der Waals surface area contributed by atoms with Gasteiger partial charge in [-0.15, -0.1) is 0 Å². The van der Waals surface area contributed by atoms with E-state index in [4.69, 9.17) is 5.26 Å². The first-order valence-corrected chi connectivity index (χ1v) is 7.55. The predicted molar refractivity (Wildman–Crippen MR) is 80.7 cm³/mol. The number of hydrogen-bond acceptors (Lipinski definition) is 2. The minimum absolute atomic E-state index is 0.234. The van der Waals surface area contributed by atoms with E-state index in [1.807, 2.05) is 11.0 Å². The van der Waals surface area contributed by atoms with Crippen LogP contribution in [0.25, 0.3) is 0 Å². The maximum atomic E-state index is 13.9. The Labute approximate surface area is 123 Å². The van der Waals surface area contributed by atoms with Crippen LogP contribution in [0, 0.1) is 17.1 Å². The van der Waals surface area contributed by atoms with Crippen molar-refractivity contribution in [3.8, 4) is 6.07 Å². The maximum absolute atomic E-state index is 13.9. The van der Waals surface area contributed by atoms with Crippen molar-refractivity contribution in [1.29, 1.82) is 5.26 Å². The fraction of sp³-hybridized carbons (Fsp3) is 0.533. The number of rotatable bonds is 8. The molecule has 0 atom stereocenters. The highest BCUT2D eigenvalue weighted by Gasteiger charge is 2.11. The van der Waals surface area contributed by atoms with Crippen LogP contribution in [0.2, 0.25) is 0 Å². The fourth-order valence-corrected chi connectivity index (χ4v) is 2.34. The zero-order chi connectivity index (χ0) is 14.1. The molecule has 0 radical (unpaired) electrons. The maximum Gasteiger partial charge on any atom is 0.147 e. The number of benzene rings is 1. The van der Waals surface area contributed by atoms with E-state index >= 15 is 0 Å². The monoisotopic (exact) mass is 326 g/mol. The summed E-state index contributed by atoms with van der Waals surface area (Å²) in [6.07, 6.45) is 5.00. The Hall–Kier alpha value is -1.08. The highest BCUT2D eigenvalue weighted by atomic mass is 79.9. The van der Waals surface area contributed by atoms with Gasteiger partial charge in [-0.2, -0.15) is 5.26 Å². The molecule has 0 aliphatic heterocycles. The third-order valence-electron chi connectivity index (χ3n) is 3.03. The molecule has 0 aliphatic rings. The van der Waals surface area contributed by atoms with Gasteiger partial charge < -0.3 is 4.90 Å². The molecule has 0 spiro atoms. The van der Waals surface area contributed by atoms with Crippen LogP contribution in [0.5, 0.6) is 0 Å². The van der Waals surface area contributed by atoms with Gasteiger partial charge in [0.2, 0.25) is 0 Å². The standard InChI is InChI=1S/C15H20BrFN2/c1-2-3-4-5-10-19(11-6-9-18)15-8-7-13(16)12-14(15)17/h7-8,12H,2-6,10-11H2,1H3. The molecule has 4 heteroatoms. The van der Waals surface area contributed by atoms with Crippen LogP contribution in [-0.2, 0) is 0 Å². The van der Waals surface area contributed by atoms with E-state index in [1.165, 1.54) is 18.9 Å². The molecule has 0 saturated carbocycles. The van der Waals surface area contributed by atoms with Crippen LogP contribution >= 0.6 is 15.9 Å². The molecule has 1 aromatic carbocycles. The normalized spacial score (nSPS) is 10.2. The molecule has 0 aliphatic carbocycles. The van der Waals surface area contributed by atoms with Gasteiger partial charge >= 0.3 is 0 Å². The van der Waals surface area contributed by atoms with Gasteiger partial charge in [-0.05, 0) is 24.6 Å². The second kappa shape index (κ2) is 8.92. The summed E-state index contributed by atoms with van der Waals surface area (Å²) in [5.41, 5.74) is 0.593. The molecule has 0 unspecified atom stereocenters. The fourth-order valence-electron chi connectivity index (χ4n) is 2.00. The lowest BCUT2D eigenvalue weighted by Gasteiger charge is -2.24. The lowest BCUT2D eigenvalue weighted by molar-refractivity contribution is 0.602. The van der Waals surface area contributed by atoms with E-state index in [0.29, 0.717) is 18.7 Å². The highest BCUT2D eigenvalue weighted by molar-refractivity contribution is 9.10. The first-order chi connectivity index (χ1) is 9.19. The van der Waals surface area contributed by atoms with Crippen LogP contribution in [0.15, 0.2) is 22.7 Å². The molecule has 2 nitrogen and oxygen atoms in total. The van der Waals surface area contributed by atoms with E-state index in [9.17, 15) is 4.39 Å². The smallest absolute Gasteiger partial charge is 0.147 e. The van der Waals surface area contributed by atoms with Crippen LogP contribution in [0.4, 0.5) is 10.1 Å². The van der Waals surface area contributed by atoms with Gasteiger partial charge in [-0.1, -0.05) is 42.1 Å². The quantitative estimate of drug-likeness (QED) is 0.636. The van der Waals surface area contributed by atoms with Gasteiger partial charge in [0.05, 0.1) is 18.2 Å². The summed E-state index contributed by atoms with van der Waals surface area (Å²) in [6, 6.07) is 7.21. The molecule has 0 bridgehead atoms. The third kappa shape index (κ3) is 5.61. The number of anilines is 1. The average Bonchev–Trinajstić information content (AvgIpc) is 2.39. The lowest BCUT2D eigenvalue weighted by Crippen LogP contribution is -2.26. The summed E-state index contributed by atoms with van der Waals surface area (Å²) in [5, 5.41) is 8.71. The second-order valence-electron chi connectivity index (χ2n) is 4.55. The Balaban J connectivity index is 2.69. The molecular formula is C15H20BrFN2. The summed E-state index contributed by atoms with van der Waals surface area (Å²) < 4.78 is 14.7. The van der Waals surface area contributed by atoms with Gasteiger partial charge in [0.25, 0.3) is 0 Å². The van der Waals surface area contributed by atoms with Crippen LogP contribution in [0.1, 0.15) is 39.0 Å². The van der Waals surface area contributed by atoms with Crippen molar-refractivity contribution in [3.63, 3.8) is 0 Å². The van der Waals surface area contributed by atoms with Crippen LogP contribution in [0.3, 0.4) is 0 Å². The average molecular weight is 327 g/mol. The Morgan fingerprint density at radius 2 is 2.05 bits per heavy atom. The van der Waals surface area contributed by atoms with Crippen LogP contribution in [-0.4, -0.2) is 13.1 Å². The van der Waals surface area contributed by atoms with E-state index in [-0.39, 0.29) is 5.82 Å². The second-order valence-corrected chi connectivity index (χ2v) is 5.47.